The smallest absolute Gasteiger partial charge is 0.238 e. The van der Waals surface area contributed by atoms with Gasteiger partial charge < -0.3 is 9.47 Å². The summed E-state index contributed by atoms with van der Waals surface area (Å²) in [4.78, 5) is 14.8. The minimum absolute atomic E-state index is 0.233. The van der Waals surface area contributed by atoms with Gasteiger partial charge in [-0.15, -0.1) is 0 Å². The van der Waals surface area contributed by atoms with E-state index in [1.54, 1.807) is 6.08 Å². The molecule has 0 aromatic heterocycles. The van der Waals surface area contributed by atoms with E-state index in [0.717, 1.165) is 12.8 Å². The van der Waals surface area contributed by atoms with Gasteiger partial charge >= 0.3 is 0 Å². The second kappa shape index (κ2) is 13.9. The van der Waals surface area contributed by atoms with Crippen LogP contribution in [0.3, 0.4) is 0 Å². The van der Waals surface area contributed by atoms with Gasteiger partial charge in [-0.25, -0.2) is 4.79 Å². The summed E-state index contributed by atoms with van der Waals surface area (Å²) in [5.41, 5.74) is -0.866. The highest BCUT2D eigenvalue weighted by atomic mass is 16.6. The van der Waals surface area contributed by atoms with Crippen LogP contribution >= 0.6 is 0 Å². The molecule has 22 heavy (non-hydrogen) atoms. The molecule has 0 bridgehead atoms. The molecule has 0 N–H and O–H groups in total. The van der Waals surface area contributed by atoms with Crippen LogP contribution in [-0.4, -0.2) is 31.1 Å². The molecule has 0 aromatic carbocycles. The second-order valence-corrected chi connectivity index (χ2v) is 5.80. The fraction of sp³-hybridized carbons (Fsp3) is 0.944. The highest BCUT2D eigenvalue weighted by molar-refractivity contribution is 5.34. The molecule has 0 fully saturated rings. The highest BCUT2D eigenvalue weighted by Crippen LogP contribution is 2.28. The second-order valence-electron chi connectivity index (χ2n) is 5.80. The van der Waals surface area contributed by atoms with Crippen molar-refractivity contribution in [1.82, 2.24) is 0 Å². The maximum Gasteiger partial charge on any atom is 0.238 e. The molecule has 130 valence electrons. The third-order valence-electron chi connectivity index (χ3n) is 4.07. The van der Waals surface area contributed by atoms with E-state index in [9.17, 15) is 4.79 Å². The summed E-state index contributed by atoms with van der Waals surface area (Å²) < 4.78 is 11.4. The maximum absolute atomic E-state index is 10.8. The topological polar surface area (TPSA) is 47.9 Å². The van der Waals surface area contributed by atoms with Gasteiger partial charge in [-0.2, -0.15) is 4.99 Å². The van der Waals surface area contributed by atoms with Crippen molar-refractivity contribution in [3.05, 3.63) is 0 Å². The van der Waals surface area contributed by atoms with Gasteiger partial charge in [-0.3, -0.25) is 0 Å². The van der Waals surface area contributed by atoms with E-state index in [2.05, 4.69) is 11.9 Å². The normalized spacial score (nSPS) is 15.1. The Labute approximate surface area is 136 Å². The molecule has 2 unspecified atom stereocenters. The largest absolute Gasteiger partial charge is 0.374 e. The van der Waals surface area contributed by atoms with E-state index in [4.69, 9.17) is 9.47 Å². The zero-order valence-corrected chi connectivity index (χ0v) is 15.0. The Balaban J connectivity index is 4.25. The molecular formula is C18H35NO3. The molecule has 0 aliphatic rings. The van der Waals surface area contributed by atoms with E-state index in [1.165, 1.54) is 38.5 Å². The summed E-state index contributed by atoms with van der Waals surface area (Å²) in [6, 6.07) is 0. The van der Waals surface area contributed by atoms with Crippen molar-refractivity contribution in [3.63, 3.8) is 0 Å². The summed E-state index contributed by atoms with van der Waals surface area (Å²) in [6.07, 6.45) is 12.1. The molecule has 0 spiro atoms. The standard InChI is InChI=1S/C18H35NO3/c1-5-8-9-10-11-12-13-14-15-18(19-16-20,22-7-3)17(4)21-6-2/h17H,5-15H2,1-4H3. The van der Waals surface area contributed by atoms with Gasteiger partial charge in [0, 0.05) is 19.6 Å². The molecule has 4 heteroatoms. The highest BCUT2D eigenvalue weighted by Gasteiger charge is 2.37. The molecular weight excluding hydrogens is 278 g/mol. The Hall–Kier alpha value is -0.700. The number of rotatable bonds is 15. The fourth-order valence-corrected chi connectivity index (χ4v) is 2.79. The summed E-state index contributed by atoms with van der Waals surface area (Å²) in [5, 5.41) is 0. The van der Waals surface area contributed by atoms with Crippen molar-refractivity contribution in [2.24, 2.45) is 4.99 Å². The minimum atomic E-state index is -0.866. The quantitative estimate of drug-likeness (QED) is 0.242. The van der Waals surface area contributed by atoms with Crippen LogP contribution in [0.2, 0.25) is 0 Å². The average molecular weight is 313 g/mol. The van der Waals surface area contributed by atoms with Gasteiger partial charge in [0.2, 0.25) is 6.08 Å². The van der Waals surface area contributed by atoms with E-state index >= 15 is 0 Å². The van der Waals surface area contributed by atoms with Crippen LogP contribution in [-0.2, 0) is 14.3 Å². The first kappa shape index (κ1) is 21.3. The van der Waals surface area contributed by atoms with Gasteiger partial charge in [0.15, 0.2) is 5.72 Å². The Bertz CT molecular complexity index is 303. The molecule has 0 aliphatic heterocycles. The summed E-state index contributed by atoms with van der Waals surface area (Å²) in [5.74, 6) is 0. The molecule has 0 amide bonds. The first-order valence-corrected chi connectivity index (χ1v) is 9.01. The molecule has 0 heterocycles. The van der Waals surface area contributed by atoms with Gasteiger partial charge in [0.25, 0.3) is 0 Å². The SMILES string of the molecule is CCCCCCCCCCC(N=C=O)(OCC)C(C)OCC. The van der Waals surface area contributed by atoms with Gasteiger partial charge in [-0.1, -0.05) is 51.9 Å². The number of nitrogens with zero attached hydrogens (tertiary/aromatic N) is 1. The zero-order chi connectivity index (χ0) is 16.7. The average Bonchev–Trinajstić information content (AvgIpc) is 2.50. The number of carbonyl (C=O) groups excluding carboxylic acids is 1. The van der Waals surface area contributed by atoms with Gasteiger partial charge in [0.1, 0.15) is 6.10 Å². The molecule has 0 rings (SSSR count). The zero-order valence-electron chi connectivity index (χ0n) is 15.0. The van der Waals surface area contributed by atoms with Crippen LogP contribution in [0.1, 0.15) is 85.5 Å². The van der Waals surface area contributed by atoms with Crippen LogP contribution in [0.25, 0.3) is 0 Å². The number of aliphatic imine (C=N–C) groups is 1. The number of hydrogen-bond donors (Lipinski definition) is 0. The predicted molar refractivity (Wildman–Crippen MR) is 90.8 cm³/mol. The molecule has 0 radical (unpaired) electrons. The van der Waals surface area contributed by atoms with Crippen molar-refractivity contribution in [3.8, 4) is 0 Å². The Kier molecular flexibility index (Phi) is 13.5. The van der Waals surface area contributed by atoms with E-state index in [-0.39, 0.29) is 6.10 Å². The Morgan fingerprint density at radius 3 is 2.05 bits per heavy atom. The third kappa shape index (κ3) is 8.67. The van der Waals surface area contributed by atoms with Gasteiger partial charge in [-0.05, 0) is 27.2 Å². The van der Waals surface area contributed by atoms with Crippen LogP contribution in [0.5, 0.6) is 0 Å². The lowest BCUT2D eigenvalue weighted by atomic mass is 9.98. The lowest BCUT2D eigenvalue weighted by molar-refractivity contribution is -0.135. The van der Waals surface area contributed by atoms with Crippen molar-refractivity contribution in [2.75, 3.05) is 13.2 Å². The van der Waals surface area contributed by atoms with Crippen LogP contribution < -0.4 is 0 Å². The van der Waals surface area contributed by atoms with Crippen LogP contribution in [0, 0.1) is 0 Å². The van der Waals surface area contributed by atoms with Crippen molar-refractivity contribution < 1.29 is 14.3 Å². The van der Waals surface area contributed by atoms with E-state index < -0.39 is 5.72 Å². The monoisotopic (exact) mass is 313 g/mol. The first-order chi connectivity index (χ1) is 10.7. The summed E-state index contributed by atoms with van der Waals surface area (Å²) in [7, 11) is 0. The Morgan fingerprint density at radius 2 is 1.55 bits per heavy atom. The third-order valence-corrected chi connectivity index (χ3v) is 4.07. The molecule has 4 nitrogen and oxygen atoms in total. The first-order valence-electron chi connectivity index (χ1n) is 9.01. The molecule has 0 aliphatic carbocycles. The lowest BCUT2D eigenvalue weighted by Gasteiger charge is -2.33. The van der Waals surface area contributed by atoms with E-state index in [0.29, 0.717) is 19.6 Å². The van der Waals surface area contributed by atoms with Crippen LogP contribution in [0.15, 0.2) is 4.99 Å². The van der Waals surface area contributed by atoms with E-state index in [1.807, 2.05) is 20.8 Å². The lowest BCUT2D eigenvalue weighted by Crippen LogP contribution is -2.43. The minimum Gasteiger partial charge on any atom is -0.374 e. The number of unbranched alkanes of at least 4 members (excludes halogenated alkanes) is 7. The molecule has 0 aromatic rings. The maximum atomic E-state index is 10.8. The molecule has 0 saturated carbocycles. The van der Waals surface area contributed by atoms with Gasteiger partial charge in [0.05, 0.1) is 0 Å². The predicted octanol–water partition coefficient (Wildman–Crippen LogP) is 5.01. The number of ether oxygens (including phenoxy) is 2. The molecule has 0 saturated heterocycles. The van der Waals surface area contributed by atoms with Crippen molar-refractivity contribution in [2.45, 2.75) is 97.3 Å². The number of isocyanates is 1. The Morgan fingerprint density at radius 1 is 0.955 bits per heavy atom. The molecule has 2 atom stereocenters. The number of hydrogen-bond acceptors (Lipinski definition) is 4. The summed E-state index contributed by atoms with van der Waals surface area (Å²) in [6.45, 7) is 9.11. The van der Waals surface area contributed by atoms with Crippen molar-refractivity contribution >= 4 is 6.08 Å². The fourth-order valence-electron chi connectivity index (χ4n) is 2.79. The summed E-state index contributed by atoms with van der Waals surface area (Å²) >= 11 is 0. The van der Waals surface area contributed by atoms with Crippen LogP contribution in [0.4, 0.5) is 0 Å². The van der Waals surface area contributed by atoms with Crippen molar-refractivity contribution in [1.29, 1.82) is 0 Å².